The van der Waals surface area contributed by atoms with Crippen LogP contribution in [0.1, 0.15) is 5.56 Å². The largest absolute Gasteiger partial charge is 0.493 e. The first-order valence-corrected chi connectivity index (χ1v) is 7.35. The smallest absolute Gasteiger partial charge is 0.230 e. The van der Waals surface area contributed by atoms with E-state index in [2.05, 4.69) is 26.2 Å². The van der Waals surface area contributed by atoms with Gasteiger partial charge in [0.15, 0.2) is 16.6 Å². The molecule has 1 aromatic carbocycles. The molecule has 0 saturated carbocycles. The summed E-state index contributed by atoms with van der Waals surface area (Å²) < 4.78 is 11.2. The molecule has 5 nitrogen and oxygen atoms in total. The Kier molecular flexibility index (Phi) is 4.97. The Bertz CT molecular complexity index is 615. The van der Waals surface area contributed by atoms with Crippen LogP contribution in [0.2, 0.25) is 0 Å². The summed E-state index contributed by atoms with van der Waals surface area (Å²) in [6.45, 7) is 0. The number of methoxy groups -OCH3 is 2. The topological polar surface area (TPSA) is 60.5 Å². The number of hydrogen-bond donors (Lipinski definition) is 1. The standard InChI is InChI=1S/C13H13BrN2O3S/c1-18-9-4-3-8(5-10(9)19-2)6-12(17)16-13-15-7-11(14)20-13/h3-5,7H,6H2,1-2H3,(H,15,16,17). The molecule has 1 aromatic heterocycles. The molecule has 0 aliphatic rings. The maximum atomic E-state index is 11.9. The number of ether oxygens (including phenoxy) is 2. The molecule has 1 heterocycles. The van der Waals surface area contributed by atoms with Gasteiger partial charge in [-0.3, -0.25) is 4.79 Å². The molecule has 7 heteroatoms. The monoisotopic (exact) mass is 356 g/mol. The molecule has 106 valence electrons. The van der Waals surface area contributed by atoms with Gasteiger partial charge in [0.1, 0.15) is 0 Å². The highest BCUT2D eigenvalue weighted by Crippen LogP contribution is 2.28. The summed E-state index contributed by atoms with van der Waals surface area (Å²) in [7, 11) is 3.14. The van der Waals surface area contributed by atoms with E-state index in [0.717, 1.165) is 9.35 Å². The minimum atomic E-state index is -0.126. The van der Waals surface area contributed by atoms with Crippen LogP contribution in [-0.4, -0.2) is 25.1 Å². The highest BCUT2D eigenvalue weighted by atomic mass is 79.9. The van der Waals surface area contributed by atoms with Gasteiger partial charge in [0.05, 0.1) is 30.6 Å². The maximum absolute atomic E-state index is 11.9. The first-order chi connectivity index (χ1) is 9.62. The van der Waals surface area contributed by atoms with E-state index >= 15 is 0 Å². The third-order valence-electron chi connectivity index (χ3n) is 2.54. The zero-order valence-electron chi connectivity index (χ0n) is 11.0. The molecule has 2 rings (SSSR count). The molecule has 0 aliphatic carbocycles. The van der Waals surface area contributed by atoms with Gasteiger partial charge in [0.2, 0.25) is 5.91 Å². The van der Waals surface area contributed by atoms with E-state index < -0.39 is 0 Å². The van der Waals surface area contributed by atoms with Crippen molar-refractivity contribution < 1.29 is 14.3 Å². The van der Waals surface area contributed by atoms with E-state index in [1.165, 1.54) is 11.3 Å². The molecule has 0 spiro atoms. The van der Waals surface area contributed by atoms with Crippen molar-refractivity contribution >= 4 is 38.3 Å². The molecule has 0 unspecified atom stereocenters. The van der Waals surface area contributed by atoms with Gasteiger partial charge in [0.25, 0.3) is 0 Å². The predicted molar refractivity (Wildman–Crippen MR) is 81.7 cm³/mol. The highest BCUT2D eigenvalue weighted by molar-refractivity contribution is 9.11. The molecule has 20 heavy (non-hydrogen) atoms. The Balaban J connectivity index is 2.04. The van der Waals surface area contributed by atoms with Crippen LogP contribution in [0.4, 0.5) is 5.13 Å². The summed E-state index contributed by atoms with van der Waals surface area (Å²) in [5.41, 5.74) is 0.843. The summed E-state index contributed by atoms with van der Waals surface area (Å²) in [6.07, 6.45) is 1.90. The second-order valence-corrected chi connectivity index (χ2v) is 6.29. The summed E-state index contributed by atoms with van der Waals surface area (Å²) in [5.74, 6) is 1.12. The summed E-state index contributed by atoms with van der Waals surface area (Å²) in [5, 5.41) is 3.32. The zero-order valence-corrected chi connectivity index (χ0v) is 13.4. The number of carbonyl (C=O) groups excluding carboxylic acids is 1. The van der Waals surface area contributed by atoms with Crippen molar-refractivity contribution in [2.45, 2.75) is 6.42 Å². The average Bonchev–Trinajstić information content (AvgIpc) is 2.83. The maximum Gasteiger partial charge on any atom is 0.230 e. The fourth-order valence-electron chi connectivity index (χ4n) is 1.65. The van der Waals surface area contributed by atoms with Crippen LogP contribution in [0.25, 0.3) is 0 Å². The second-order valence-electron chi connectivity index (χ2n) is 3.88. The first kappa shape index (κ1) is 14.8. The van der Waals surface area contributed by atoms with Crippen LogP contribution < -0.4 is 14.8 Å². The van der Waals surface area contributed by atoms with Crippen LogP contribution in [0.15, 0.2) is 28.2 Å². The van der Waals surface area contributed by atoms with Crippen molar-refractivity contribution in [3.63, 3.8) is 0 Å². The summed E-state index contributed by atoms with van der Waals surface area (Å²) in [4.78, 5) is 16.0. The van der Waals surface area contributed by atoms with Crippen molar-refractivity contribution in [3.8, 4) is 11.5 Å². The molecule has 1 N–H and O–H groups in total. The lowest BCUT2D eigenvalue weighted by molar-refractivity contribution is -0.115. The third-order valence-corrected chi connectivity index (χ3v) is 3.93. The number of nitrogens with one attached hydrogen (secondary N) is 1. The van der Waals surface area contributed by atoms with Gasteiger partial charge in [-0.05, 0) is 33.6 Å². The molecule has 0 fully saturated rings. The lowest BCUT2D eigenvalue weighted by Gasteiger charge is -2.09. The van der Waals surface area contributed by atoms with E-state index in [9.17, 15) is 4.79 Å². The molecule has 0 aliphatic heterocycles. The van der Waals surface area contributed by atoms with Gasteiger partial charge < -0.3 is 14.8 Å². The normalized spacial score (nSPS) is 10.2. The number of nitrogens with zero attached hydrogens (tertiary/aromatic N) is 1. The third kappa shape index (κ3) is 3.71. The van der Waals surface area contributed by atoms with E-state index in [-0.39, 0.29) is 12.3 Å². The fraction of sp³-hybridized carbons (Fsp3) is 0.231. The number of carbonyl (C=O) groups is 1. The van der Waals surface area contributed by atoms with Crippen LogP contribution in [-0.2, 0) is 11.2 Å². The van der Waals surface area contributed by atoms with Gasteiger partial charge in [-0.25, -0.2) is 4.98 Å². The number of thiazole rings is 1. The van der Waals surface area contributed by atoms with Crippen LogP contribution in [0.3, 0.4) is 0 Å². The highest BCUT2D eigenvalue weighted by Gasteiger charge is 2.10. The van der Waals surface area contributed by atoms with Gasteiger partial charge in [-0.2, -0.15) is 0 Å². The SMILES string of the molecule is COc1ccc(CC(=O)Nc2ncc(Br)s2)cc1OC. The van der Waals surface area contributed by atoms with Crippen molar-refractivity contribution in [1.29, 1.82) is 0 Å². The molecule has 0 radical (unpaired) electrons. The van der Waals surface area contributed by atoms with E-state index in [4.69, 9.17) is 9.47 Å². The Morgan fingerprint density at radius 3 is 2.70 bits per heavy atom. The molecule has 0 saturated heterocycles. The van der Waals surface area contributed by atoms with Crippen LogP contribution >= 0.6 is 27.3 Å². The average molecular weight is 357 g/mol. The van der Waals surface area contributed by atoms with Gasteiger partial charge in [0, 0.05) is 0 Å². The Morgan fingerprint density at radius 1 is 1.35 bits per heavy atom. The molecule has 0 bridgehead atoms. The Labute approximate surface area is 129 Å². The molecule has 1 amide bonds. The van der Waals surface area contributed by atoms with Crippen LogP contribution in [0.5, 0.6) is 11.5 Å². The molecule has 2 aromatic rings. The molecular formula is C13H13BrN2O3S. The Hall–Kier alpha value is -1.60. The molecular weight excluding hydrogens is 344 g/mol. The molecule has 0 atom stereocenters. The minimum absolute atomic E-state index is 0.126. The predicted octanol–water partition coefficient (Wildman–Crippen LogP) is 3.10. The number of anilines is 1. The van der Waals surface area contributed by atoms with Crippen LogP contribution in [0, 0.1) is 0 Å². The van der Waals surface area contributed by atoms with Gasteiger partial charge in [-0.15, -0.1) is 0 Å². The van der Waals surface area contributed by atoms with E-state index in [0.29, 0.717) is 16.6 Å². The number of benzene rings is 1. The number of amides is 1. The number of halogens is 1. The number of aromatic nitrogens is 1. The lowest BCUT2D eigenvalue weighted by atomic mass is 10.1. The van der Waals surface area contributed by atoms with Gasteiger partial charge in [-0.1, -0.05) is 17.4 Å². The van der Waals surface area contributed by atoms with E-state index in [1.54, 1.807) is 32.5 Å². The van der Waals surface area contributed by atoms with E-state index in [1.807, 2.05) is 6.07 Å². The fourth-order valence-corrected chi connectivity index (χ4v) is 2.77. The van der Waals surface area contributed by atoms with Crippen molar-refractivity contribution in [2.75, 3.05) is 19.5 Å². The van der Waals surface area contributed by atoms with Gasteiger partial charge >= 0.3 is 0 Å². The van der Waals surface area contributed by atoms with Crippen molar-refractivity contribution in [1.82, 2.24) is 4.98 Å². The zero-order chi connectivity index (χ0) is 14.5. The quantitative estimate of drug-likeness (QED) is 0.893. The summed E-state index contributed by atoms with van der Waals surface area (Å²) in [6, 6.07) is 5.40. The minimum Gasteiger partial charge on any atom is -0.493 e. The first-order valence-electron chi connectivity index (χ1n) is 5.74. The number of rotatable bonds is 5. The number of hydrogen-bond acceptors (Lipinski definition) is 5. The van der Waals surface area contributed by atoms with Crippen molar-refractivity contribution in [3.05, 3.63) is 33.7 Å². The second kappa shape index (κ2) is 6.71. The Morgan fingerprint density at radius 2 is 2.10 bits per heavy atom. The van der Waals surface area contributed by atoms with Crippen molar-refractivity contribution in [2.24, 2.45) is 0 Å². The summed E-state index contributed by atoms with van der Waals surface area (Å²) >= 11 is 4.67. The lowest BCUT2D eigenvalue weighted by Crippen LogP contribution is -2.14.